The van der Waals surface area contributed by atoms with Gasteiger partial charge in [-0.2, -0.15) is 0 Å². The number of fused-ring (bicyclic) bond motifs is 1. The molecule has 8 heteroatoms. The lowest BCUT2D eigenvalue weighted by atomic mass is 9.89. The fraction of sp³-hybridized carbons (Fsp3) is 0.650. The highest BCUT2D eigenvalue weighted by molar-refractivity contribution is 7.19. The molecule has 0 saturated carbocycles. The van der Waals surface area contributed by atoms with E-state index in [4.69, 9.17) is 33.2 Å². The van der Waals surface area contributed by atoms with Gasteiger partial charge in [0, 0.05) is 55.1 Å². The summed E-state index contributed by atoms with van der Waals surface area (Å²) in [6, 6.07) is 17.4. The maximum Gasteiger partial charge on any atom is 0.125 e. The third-order valence-electron chi connectivity index (χ3n) is 8.76. The number of rotatable bonds is 24. The molecule has 1 aliphatic rings. The highest BCUT2D eigenvalue weighted by Gasteiger charge is 2.49. The van der Waals surface area contributed by atoms with Gasteiger partial charge >= 0.3 is 0 Å². The number of thiophene rings is 1. The standard InChI is InChI=1S/C40H60O7S/c1-6-10-20-42-29-35-38(44-21-11-7-2)40(46-23-13-9-4)39(45-22-12-8-3)37(47-35)33-27-30(18-19-34(33)43-25-24-41-5)26-32-28-31-16-14-15-17-36(31)48-32/h14-19,27-28,35,37-40H,6-13,20-26,29H2,1-5H3/t35-,37+,38-,39+,40+/m1/s1. The smallest absolute Gasteiger partial charge is 0.125 e. The lowest BCUT2D eigenvalue weighted by Gasteiger charge is -2.46. The van der Waals surface area contributed by atoms with E-state index in [1.807, 2.05) is 11.3 Å². The molecule has 2 aromatic carbocycles. The van der Waals surface area contributed by atoms with E-state index < -0.39 is 6.10 Å². The molecule has 1 saturated heterocycles. The monoisotopic (exact) mass is 684 g/mol. The van der Waals surface area contributed by atoms with Gasteiger partial charge in [0.2, 0.25) is 0 Å². The largest absolute Gasteiger partial charge is 0.491 e. The molecule has 1 aromatic heterocycles. The summed E-state index contributed by atoms with van der Waals surface area (Å²) < 4.78 is 46.6. The van der Waals surface area contributed by atoms with Gasteiger partial charge in [-0.05, 0) is 60.9 Å². The molecule has 1 fully saturated rings. The second kappa shape index (κ2) is 21.9. The highest BCUT2D eigenvalue weighted by atomic mass is 32.1. The van der Waals surface area contributed by atoms with E-state index in [2.05, 4.69) is 76.2 Å². The van der Waals surface area contributed by atoms with Crippen molar-refractivity contribution in [3.63, 3.8) is 0 Å². The number of methoxy groups -OCH3 is 1. The molecule has 48 heavy (non-hydrogen) atoms. The average Bonchev–Trinajstić information content (AvgIpc) is 3.51. The van der Waals surface area contributed by atoms with Crippen LogP contribution in [0.5, 0.6) is 5.75 Å². The summed E-state index contributed by atoms with van der Waals surface area (Å²) in [6.45, 7) is 12.7. The van der Waals surface area contributed by atoms with Gasteiger partial charge in [0.15, 0.2) is 0 Å². The molecule has 7 nitrogen and oxygen atoms in total. The molecular formula is C40H60O7S. The minimum Gasteiger partial charge on any atom is -0.491 e. The number of unbranched alkanes of at least 4 members (excludes halogenated alkanes) is 4. The Bertz CT molecular complexity index is 1260. The Morgan fingerprint density at radius 3 is 2.04 bits per heavy atom. The zero-order valence-electron chi connectivity index (χ0n) is 30.1. The van der Waals surface area contributed by atoms with Crippen molar-refractivity contribution in [3.05, 3.63) is 64.5 Å². The Balaban J connectivity index is 1.75. The number of benzene rings is 2. The summed E-state index contributed by atoms with van der Waals surface area (Å²) in [5.74, 6) is 0.782. The van der Waals surface area contributed by atoms with Gasteiger partial charge in [0.1, 0.15) is 42.9 Å². The van der Waals surface area contributed by atoms with Crippen LogP contribution in [0.15, 0.2) is 48.5 Å². The minimum absolute atomic E-state index is 0.308. The van der Waals surface area contributed by atoms with Crippen molar-refractivity contribution in [2.24, 2.45) is 0 Å². The minimum atomic E-state index is -0.431. The van der Waals surface area contributed by atoms with Gasteiger partial charge < -0.3 is 33.2 Å². The lowest BCUT2D eigenvalue weighted by molar-refractivity contribution is -0.268. The van der Waals surface area contributed by atoms with Crippen LogP contribution in [-0.4, -0.2) is 77.8 Å². The van der Waals surface area contributed by atoms with E-state index in [-0.39, 0.29) is 24.4 Å². The molecule has 5 atom stereocenters. The van der Waals surface area contributed by atoms with Crippen molar-refractivity contribution in [2.75, 3.05) is 53.4 Å². The molecule has 0 aliphatic carbocycles. The Hall–Kier alpha value is -2.04. The number of hydrogen-bond acceptors (Lipinski definition) is 8. The van der Waals surface area contributed by atoms with E-state index in [0.29, 0.717) is 46.2 Å². The zero-order valence-corrected chi connectivity index (χ0v) is 30.9. The molecule has 0 spiro atoms. The highest BCUT2D eigenvalue weighted by Crippen LogP contribution is 2.42. The maximum atomic E-state index is 7.11. The van der Waals surface area contributed by atoms with E-state index in [0.717, 1.165) is 69.1 Å². The van der Waals surface area contributed by atoms with Crippen molar-refractivity contribution in [1.82, 2.24) is 0 Å². The summed E-state index contributed by atoms with van der Waals surface area (Å²) in [5.41, 5.74) is 2.17. The van der Waals surface area contributed by atoms with Gasteiger partial charge in [0.25, 0.3) is 0 Å². The molecule has 4 rings (SSSR count). The predicted octanol–water partition coefficient (Wildman–Crippen LogP) is 9.33. The topological polar surface area (TPSA) is 64.6 Å². The molecule has 0 bridgehead atoms. The number of hydrogen-bond donors (Lipinski definition) is 0. The SMILES string of the molecule is CCCCOC[C@H]1O[C@@H](c2cc(Cc3cc4ccccc4s3)ccc2OCCOC)[C@H](OCCCC)[C@@H](OCCCC)[C@@H]1OCCCC. The summed E-state index contributed by atoms with van der Waals surface area (Å²) >= 11 is 1.85. The summed E-state index contributed by atoms with van der Waals surface area (Å²) in [5, 5.41) is 1.28. The molecule has 2 heterocycles. The van der Waals surface area contributed by atoms with Gasteiger partial charge in [0.05, 0.1) is 13.2 Å². The first-order valence-corrected chi connectivity index (χ1v) is 19.2. The van der Waals surface area contributed by atoms with Crippen LogP contribution in [0, 0.1) is 0 Å². The lowest BCUT2D eigenvalue weighted by Crippen LogP contribution is -2.58. The Morgan fingerprint density at radius 2 is 1.35 bits per heavy atom. The van der Waals surface area contributed by atoms with Crippen molar-refractivity contribution >= 4 is 21.4 Å². The van der Waals surface area contributed by atoms with Crippen molar-refractivity contribution in [2.45, 2.75) is 116 Å². The summed E-state index contributed by atoms with van der Waals surface area (Å²) in [6.07, 6.45) is 7.21. The molecule has 0 radical (unpaired) electrons. The Morgan fingerprint density at radius 1 is 0.688 bits per heavy atom. The molecule has 0 unspecified atom stereocenters. The van der Waals surface area contributed by atoms with Crippen LogP contribution in [0.4, 0.5) is 0 Å². The first kappa shape index (κ1) is 38.8. The first-order chi connectivity index (χ1) is 23.6. The van der Waals surface area contributed by atoms with Crippen LogP contribution in [0.3, 0.4) is 0 Å². The van der Waals surface area contributed by atoms with Gasteiger partial charge in [-0.3, -0.25) is 0 Å². The fourth-order valence-electron chi connectivity index (χ4n) is 6.03. The fourth-order valence-corrected chi connectivity index (χ4v) is 7.13. The second-order valence-electron chi connectivity index (χ2n) is 12.7. The molecule has 3 aromatic rings. The third kappa shape index (κ3) is 11.5. The van der Waals surface area contributed by atoms with Crippen molar-refractivity contribution in [3.8, 4) is 5.75 Å². The molecule has 268 valence electrons. The van der Waals surface area contributed by atoms with Gasteiger partial charge in [-0.15, -0.1) is 11.3 Å². The van der Waals surface area contributed by atoms with Gasteiger partial charge in [-0.1, -0.05) is 77.6 Å². The van der Waals surface area contributed by atoms with Crippen molar-refractivity contribution in [1.29, 1.82) is 0 Å². The average molecular weight is 685 g/mol. The summed E-state index contributed by atoms with van der Waals surface area (Å²) in [4.78, 5) is 1.32. The van der Waals surface area contributed by atoms with E-state index in [1.165, 1.54) is 20.5 Å². The summed E-state index contributed by atoms with van der Waals surface area (Å²) in [7, 11) is 1.69. The molecule has 1 aliphatic heterocycles. The predicted molar refractivity (Wildman–Crippen MR) is 196 cm³/mol. The van der Waals surface area contributed by atoms with Crippen LogP contribution in [0.25, 0.3) is 10.1 Å². The molecule has 0 N–H and O–H groups in total. The molecule has 0 amide bonds. The van der Waals surface area contributed by atoms with Crippen LogP contribution in [0.1, 0.15) is 101 Å². The normalized spacial score (nSPS) is 21.2. The van der Waals surface area contributed by atoms with E-state index >= 15 is 0 Å². The van der Waals surface area contributed by atoms with Crippen LogP contribution < -0.4 is 4.74 Å². The van der Waals surface area contributed by atoms with Crippen LogP contribution in [0.2, 0.25) is 0 Å². The molecular weight excluding hydrogens is 625 g/mol. The van der Waals surface area contributed by atoms with Crippen molar-refractivity contribution < 1.29 is 33.2 Å². The van der Waals surface area contributed by atoms with Crippen LogP contribution in [-0.2, 0) is 34.8 Å². The van der Waals surface area contributed by atoms with E-state index in [9.17, 15) is 0 Å². The number of ether oxygens (including phenoxy) is 7. The maximum absolute atomic E-state index is 7.11. The van der Waals surface area contributed by atoms with Crippen LogP contribution >= 0.6 is 11.3 Å². The zero-order chi connectivity index (χ0) is 34.0. The third-order valence-corrected chi connectivity index (χ3v) is 9.88. The first-order valence-electron chi connectivity index (χ1n) is 18.4. The Kier molecular flexibility index (Phi) is 17.7. The van der Waals surface area contributed by atoms with Gasteiger partial charge in [-0.25, -0.2) is 0 Å². The Labute approximate surface area is 293 Å². The van der Waals surface area contributed by atoms with E-state index in [1.54, 1.807) is 7.11 Å². The second-order valence-corrected chi connectivity index (χ2v) is 13.9. The quantitative estimate of drug-likeness (QED) is 0.0872.